The second kappa shape index (κ2) is 7.83. The number of nitrogens with zero attached hydrogens (tertiary/aromatic N) is 3. The average Bonchev–Trinajstić information content (AvgIpc) is 3.24. The lowest BCUT2D eigenvalue weighted by atomic mass is 9.86. The number of rotatable bonds is 3. The maximum Gasteiger partial charge on any atom is 0.0938 e. The van der Waals surface area contributed by atoms with Crippen molar-refractivity contribution in [1.29, 1.82) is 0 Å². The third-order valence-corrected chi connectivity index (χ3v) is 6.17. The van der Waals surface area contributed by atoms with Crippen molar-refractivity contribution in [2.24, 2.45) is 0 Å². The molecule has 0 fully saturated rings. The minimum Gasteiger partial charge on any atom is -0.361 e. The summed E-state index contributed by atoms with van der Waals surface area (Å²) in [7, 11) is 2.09. The molecule has 5 rings (SSSR count). The first kappa shape index (κ1) is 20.3. The Morgan fingerprint density at radius 3 is 2.44 bits per heavy atom. The maximum atomic E-state index is 4.69. The number of benzene rings is 3. The van der Waals surface area contributed by atoms with Crippen molar-refractivity contribution < 1.29 is 0 Å². The van der Waals surface area contributed by atoms with Crippen LogP contribution in [0.15, 0.2) is 91.4 Å². The van der Waals surface area contributed by atoms with Crippen molar-refractivity contribution in [3.05, 3.63) is 97.0 Å². The number of hydrogen-bond acceptors (Lipinski definition) is 3. The van der Waals surface area contributed by atoms with E-state index in [1.807, 2.05) is 6.20 Å². The van der Waals surface area contributed by atoms with Crippen molar-refractivity contribution >= 4 is 16.5 Å². The molecule has 0 N–H and O–H groups in total. The molecule has 2 heterocycles. The molecule has 0 atom stereocenters. The van der Waals surface area contributed by atoms with Crippen LogP contribution in [-0.2, 0) is 5.41 Å². The molecule has 160 valence electrons. The van der Waals surface area contributed by atoms with Crippen LogP contribution in [-0.4, -0.2) is 23.6 Å². The van der Waals surface area contributed by atoms with Gasteiger partial charge >= 0.3 is 0 Å². The standard InChI is InChI=1S/C29H29N3/c1-29(2,3)24-13-14-30-28(19-24)23-12-11-21-7-6-10-26(27(21)18-23)22-8-5-9-25(17-22)32-16-15-31(4)20-32/h5-19H,20H2,1-4H3. The maximum absolute atomic E-state index is 4.69. The first-order chi connectivity index (χ1) is 15.4. The summed E-state index contributed by atoms with van der Waals surface area (Å²) in [6, 6.07) is 26.4. The summed E-state index contributed by atoms with van der Waals surface area (Å²) in [5.74, 6) is 0. The zero-order valence-electron chi connectivity index (χ0n) is 19.2. The van der Waals surface area contributed by atoms with Gasteiger partial charge in [-0.15, -0.1) is 0 Å². The summed E-state index contributed by atoms with van der Waals surface area (Å²) in [6.07, 6.45) is 6.17. The summed E-state index contributed by atoms with van der Waals surface area (Å²) >= 11 is 0. The van der Waals surface area contributed by atoms with Crippen LogP contribution in [0.5, 0.6) is 0 Å². The van der Waals surface area contributed by atoms with Gasteiger partial charge in [0.1, 0.15) is 0 Å². The van der Waals surface area contributed by atoms with Crippen molar-refractivity contribution in [3.8, 4) is 22.4 Å². The van der Waals surface area contributed by atoms with Gasteiger partial charge in [0, 0.05) is 36.9 Å². The van der Waals surface area contributed by atoms with E-state index >= 15 is 0 Å². The second-order valence-corrected chi connectivity index (χ2v) is 9.64. The van der Waals surface area contributed by atoms with Gasteiger partial charge in [-0.1, -0.05) is 63.2 Å². The number of aromatic nitrogens is 1. The Morgan fingerprint density at radius 2 is 1.66 bits per heavy atom. The average molecular weight is 420 g/mol. The van der Waals surface area contributed by atoms with E-state index in [2.05, 4.69) is 128 Å². The van der Waals surface area contributed by atoms with Gasteiger partial charge in [0.25, 0.3) is 0 Å². The number of anilines is 1. The highest BCUT2D eigenvalue weighted by molar-refractivity contribution is 5.99. The molecule has 0 saturated heterocycles. The summed E-state index contributed by atoms with van der Waals surface area (Å²) < 4.78 is 0. The van der Waals surface area contributed by atoms with Gasteiger partial charge in [0.2, 0.25) is 0 Å². The first-order valence-corrected chi connectivity index (χ1v) is 11.1. The fourth-order valence-electron chi connectivity index (χ4n) is 4.29. The fourth-order valence-corrected chi connectivity index (χ4v) is 4.29. The molecule has 3 nitrogen and oxygen atoms in total. The van der Waals surface area contributed by atoms with E-state index in [0.717, 1.165) is 17.9 Å². The van der Waals surface area contributed by atoms with Crippen LogP contribution in [0, 0.1) is 0 Å². The monoisotopic (exact) mass is 419 g/mol. The lowest BCUT2D eigenvalue weighted by molar-refractivity contribution is 0.496. The third-order valence-electron chi connectivity index (χ3n) is 6.17. The van der Waals surface area contributed by atoms with Crippen LogP contribution in [0.2, 0.25) is 0 Å². The molecule has 0 unspecified atom stereocenters. The van der Waals surface area contributed by atoms with Crippen molar-refractivity contribution in [3.63, 3.8) is 0 Å². The Kier molecular flexibility index (Phi) is 4.97. The highest BCUT2D eigenvalue weighted by Gasteiger charge is 2.16. The van der Waals surface area contributed by atoms with Gasteiger partial charge in [-0.2, -0.15) is 0 Å². The second-order valence-electron chi connectivity index (χ2n) is 9.64. The van der Waals surface area contributed by atoms with Gasteiger partial charge in [0.15, 0.2) is 0 Å². The lowest BCUT2D eigenvalue weighted by Gasteiger charge is -2.20. The van der Waals surface area contributed by atoms with Gasteiger partial charge in [-0.25, -0.2) is 0 Å². The molecule has 0 aliphatic carbocycles. The number of fused-ring (bicyclic) bond motifs is 1. The Morgan fingerprint density at radius 1 is 0.812 bits per heavy atom. The molecule has 0 saturated carbocycles. The van der Waals surface area contributed by atoms with E-state index in [1.54, 1.807) is 0 Å². The predicted octanol–water partition coefficient (Wildman–Crippen LogP) is 7.05. The molecule has 32 heavy (non-hydrogen) atoms. The zero-order chi connectivity index (χ0) is 22.3. The first-order valence-electron chi connectivity index (χ1n) is 11.1. The fraction of sp³-hybridized carbons (Fsp3) is 0.207. The van der Waals surface area contributed by atoms with Gasteiger partial charge < -0.3 is 9.80 Å². The molecule has 3 aromatic carbocycles. The normalized spacial score (nSPS) is 13.9. The summed E-state index contributed by atoms with van der Waals surface area (Å²) in [4.78, 5) is 9.13. The zero-order valence-corrected chi connectivity index (χ0v) is 19.2. The summed E-state index contributed by atoms with van der Waals surface area (Å²) in [6.45, 7) is 7.60. The summed E-state index contributed by atoms with van der Waals surface area (Å²) in [5.41, 5.74) is 7.24. The topological polar surface area (TPSA) is 19.4 Å². The van der Waals surface area contributed by atoms with Crippen LogP contribution in [0.4, 0.5) is 5.69 Å². The third kappa shape index (κ3) is 3.87. The van der Waals surface area contributed by atoms with Crippen LogP contribution >= 0.6 is 0 Å². The van der Waals surface area contributed by atoms with Crippen molar-refractivity contribution in [2.45, 2.75) is 26.2 Å². The molecular formula is C29H29N3. The SMILES string of the molecule is CN1C=CN(c2cccc(-c3cccc4ccc(-c5cc(C(C)(C)C)ccn5)cc34)c2)C1. The van der Waals surface area contributed by atoms with Crippen LogP contribution in [0.3, 0.4) is 0 Å². The Balaban J connectivity index is 1.60. The minimum atomic E-state index is 0.0955. The van der Waals surface area contributed by atoms with Crippen molar-refractivity contribution in [1.82, 2.24) is 9.88 Å². The van der Waals surface area contributed by atoms with E-state index in [9.17, 15) is 0 Å². The Labute approximate surface area is 190 Å². The van der Waals surface area contributed by atoms with E-state index in [4.69, 9.17) is 0 Å². The molecule has 0 radical (unpaired) electrons. The molecule has 1 aliphatic rings. The van der Waals surface area contributed by atoms with E-state index in [0.29, 0.717) is 0 Å². The smallest absolute Gasteiger partial charge is 0.0938 e. The highest BCUT2D eigenvalue weighted by Crippen LogP contribution is 2.34. The molecule has 4 aromatic rings. The molecule has 0 amide bonds. The van der Waals surface area contributed by atoms with Gasteiger partial charge in [0.05, 0.1) is 12.4 Å². The van der Waals surface area contributed by atoms with E-state index < -0.39 is 0 Å². The number of pyridine rings is 1. The molecular weight excluding hydrogens is 390 g/mol. The van der Waals surface area contributed by atoms with Crippen LogP contribution < -0.4 is 4.90 Å². The molecule has 0 bridgehead atoms. The molecule has 1 aliphatic heterocycles. The van der Waals surface area contributed by atoms with Crippen molar-refractivity contribution in [2.75, 3.05) is 18.6 Å². The predicted molar refractivity (Wildman–Crippen MR) is 136 cm³/mol. The van der Waals surface area contributed by atoms with Crippen LogP contribution in [0.25, 0.3) is 33.2 Å². The quantitative estimate of drug-likeness (QED) is 0.355. The molecule has 3 heteroatoms. The Bertz CT molecular complexity index is 1310. The Hall–Kier alpha value is -3.59. The largest absolute Gasteiger partial charge is 0.361 e. The number of hydrogen-bond donors (Lipinski definition) is 0. The highest BCUT2D eigenvalue weighted by atomic mass is 15.3. The van der Waals surface area contributed by atoms with E-state index in [-0.39, 0.29) is 5.41 Å². The molecule has 0 spiro atoms. The minimum absolute atomic E-state index is 0.0955. The van der Waals surface area contributed by atoms with E-state index in [1.165, 1.54) is 33.2 Å². The van der Waals surface area contributed by atoms with Crippen LogP contribution in [0.1, 0.15) is 26.3 Å². The lowest BCUT2D eigenvalue weighted by Crippen LogP contribution is -2.21. The summed E-state index contributed by atoms with van der Waals surface area (Å²) in [5, 5.41) is 2.49. The van der Waals surface area contributed by atoms with Gasteiger partial charge in [-0.05, 0) is 63.2 Å². The van der Waals surface area contributed by atoms with Gasteiger partial charge in [-0.3, -0.25) is 4.98 Å². The molecule has 1 aromatic heterocycles.